The van der Waals surface area contributed by atoms with E-state index in [-0.39, 0.29) is 12.1 Å². The monoisotopic (exact) mass is 444 g/mol. The number of carbonyl (C=O) groups excluding carboxylic acids is 2. The molecule has 0 radical (unpaired) electrons. The molecule has 8 nitrogen and oxygen atoms in total. The molecule has 0 fully saturated rings. The normalized spacial score (nSPS) is 14.5. The van der Waals surface area contributed by atoms with Gasteiger partial charge in [0.1, 0.15) is 0 Å². The van der Waals surface area contributed by atoms with Gasteiger partial charge in [-0.1, -0.05) is 60.7 Å². The minimum absolute atomic E-state index is 0.222. The van der Waals surface area contributed by atoms with Crippen LogP contribution in [0.2, 0.25) is 0 Å². The van der Waals surface area contributed by atoms with Gasteiger partial charge in [-0.25, -0.2) is 9.59 Å². The fraction of sp³-hybridized carbons (Fsp3) is 0.417. The van der Waals surface area contributed by atoms with E-state index in [1.165, 1.54) is 0 Å². The molecule has 2 aromatic carbocycles. The topological polar surface area (TPSA) is 117 Å². The number of rotatable bonds is 11. The first kappa shape index (κ1) is 25.2. The van der Waals surface area contributed by atoms with Gasteiger partial charge in [0.15, 0.2) is 12.2 Å². The summed E-state index contributed by atoms with van der Waals surface area (Å²) in [5, 5.41) is 24.6. The maximum absolute atomic E-state index is 12.2. The number of hydrogen-bond acceptors (Lipinski definition) is 6. The van der Waals surface area contributed by atoms with E-state index in [0.717, 1.165) is 11.1 Å². The average molecular weight is 445 g/mol. The fourth-order valence-corrected chi connectivity index (χ4v) is 3.24. The maximum atomic E-state index is 12.2. The van der Waals surface area contributed by atoms with Crippen LogP contribution in [0.3, 0.4) is 0 Å². The second-order valence-corrected chi connectivity index (χ2v) is 7.72. The molecule has 4 atom stereocenters. The van der Waals surface area contributed by atoms with Crippen LogP contribution in [0.25, 0.3) is 0 Å². The summed E-state index contributed by atoms with van der Waals surface area (Å²) in [4.78, 5) is 24.4. The Morgan fingerprint density at radius 1 is 0.719 bits per heavy atom. The predicted molar refractivity (Wildman–Crippen MR) is 120 cm³/mol. The summed E-state index contributed by atoms with van der Waals surface area (Å²) in [7, 11) is 0. The van der Waals surface area contributed by atoms with E-state index in [1.54, 1.807) is 0 Å². The van der Waals surface area contributed by atoms with Crippen LogP contribution < -0.4 is 10.6 Å². The quantitative estimate of drug-likeness (QED) is 0.423. The Morgan fingerprint density at radius 3 is 1.38 bits per heavy atom. The Morgan fingerprint density at radius 2 is 1.06 bits per heavy atom. The summed E-state index contributed by atoms with van der Waals surface area (Å²) in [6.07, 6.45) is -2.76. The highest BCUT2D eigenvalue weighted by atomic mass is 16.6. The highest BCUT2D eigenvalue weighted by Gasteiger charge is 2.28. The molecule has 2 unspecified atom stereocenters. The summed E-state index contributed by atoms with van der Waals surface area (Å²) >= 11 is 0. The van der Waals surface area contributed by atoms with E-state index in [1.807, 2.05) is 74.5 Å². The van der Waals surface area contributed by atoms with Crippen LogP contribution in [0.5, 0.6) is 0 Å². The minimum Gasteiger partial charge on any atom is -0.440 e. The first-order chi connectivity index (χ1) is 15.4. The zero-order valence-corrected chi connectivity index (χ0v) is 18.4. The molecule has 0 aromatic heterocycles. The molecule has 0 aliphatic carbocycles. The van der Waals surface area contributed by atoms with E-state index in [0.29, 0.717) is 12.8 Å². The van der Waals surface area contributed by atoms with E-state index >= 15 is 0 Å². The molecular weight excluding hydrogens is 412 g/mol. The van der Waals surface area contributed by atoms with Crippen molar-refractivity contribution in [1.82, 2.24) is 10.6 Å². The third-order valence-corrected chi connectivity index (χ3v) is 4.79. The van der Waals surface area contributed by atoms with Gasteiger partial charge >= 0.3 is 12.2 Å². The average Bonchev–Trinajstić information content (AvgIpc) is 2.77. The van der Waals surface area contributed by atoms with Crippen molar-refractivity contribution in [3.63, 3.8) is 0 Å². The van der Waals surface area contributed by atoms with Gasteiger partial charge in [-0.2, -0.15) is 0 Å². The van der Waals surface area contributed by atoms with Crippen molar-refractivity contribution in [1.29, 1.82) is 0 Å². The van der Waals surface area contributed by atoms with Crippen LogP contribution in [0.4, 0.5) is 9.59 Å². The molecule has 0 bridgehead atoms. The minimum atomic E-state index is -1.21. The third kappa shape index (κ3) is 8.95. The van der Waals surface area contributed by atoms with Crippen LogP contribution in [-0.4, -0.2) is 59.9 Å². The van der Waals surface area contributed by atoms with E-state index < -0.39 is 37.6 Å². The third-order valence-electron chi connectivity index (χ3n) is 4.79. The van der Waals surface area contributed by atoms with Gasteiger partial charge in [0.25, 0.3) is 0 Å². The molecule has 8 heteroatoms. The maximum Gasteiger partial charge on any atom is 0.407 e. The van der Waals surface area contributed by atoms with Crippen molar-refractivity contribution >= 4 is 12.2 Å². The Kier molecular flexibility index (Phi) is 10.5. The van der Waals surface area contributed by atoms with E-state index in [9.17, 15) is 19.8 Å². The number of nitrogens with one attached hydrogen (secondary N) is 2. The summed E-state index contributed by atoms with van der Waals surface area (Å²) in [6, 6.07) is 18.8. The Bertz CT molecular complexity index is 748. The summed E-state index contributed by atoms with van der Waals surface area (Å²) < 4.78 is 10.4. The van der Waals surface area contributed by atoms with Crippen molar-refractivity contribution in [2.45, 2.75) is 51.0 Å². The number of benzene rings is 2. The van der Waals surface area contributed by atoms with E-state index in [2.05, 4.69) is 10.6 Å². The number of alkyl carbamates (subject to hydrolysis) is 2. The summed E-state index contributed by atoms with van der Waals surface area (Å²) in [5.74, 6) is 0. The molecular formula is C24H32N2O6. The first-order valence-electron chi connectivity index (χ1n) is 10.6. The van der Waals surface area contributed by atoms with Crippen LogP contribution in [0, 0.1) is 0 Å². The van der Waals surface area contributed by atoms with Crippen LogP contribution >= 0.6 is 0 Å². The molecule has 0 heterocycles. The lowest BCUT2D eigenvalue weighted by Crippen LogP contribution is -2.46. The van der Waals surface area contributed by atoms with Gasteiger partial charge in [-0.05, 0) is 37.8 Å². The molecule has 2 aromatic rings. The molecule has 0 spiro atoms. The number of ether oxygens (including phenoxy) is 2. The van der Waals surface area contributed by atoms with Gasteiger partial charge in [0, 0.05) is 12.1 Å². The largest absolute Gasteiger partial charge is 0.440 e. The summed E-state index contributed by atoms with van der Waals surface area (Å²) in [5.41, 5.74) is 2.11. The smallest absolute Gasteiger partial charge is 0.407 e. The number of aliphatic hydroxyl groups is 2. The summed E-state index contributed by atoms with van der Waals surface area (Å²) in [6.45, 7) is 2.42. The number of aliphatic hydroxyl groups excluding tert-OH is 2. The Labute approximate surface area is 188 Å². The van der Waals surface area contributed by atoms with Crippen molar-refractivity contribution in [3.05, 3.63) is 71.8 Å². The van der Waals surface area contributed by atoms with Gasteiger partial charge in [0.05, 0.1) is 13.2 Å². The zero-order valence-electron chi connectivity index (χ0n) is 18.4. The van der Waals surface area contributed by atoms with Crippen LogP contribution in [0.1, 0.15) is 25.0 Å². The molecule has 0 aliphatic heterocycles. The molecule has 4 N–H and O–H groups in total. The molecule has 174 valence electrons. The zero-order chi connectivity index (χ0) is 23.3. The van der Waals surface area contributed by atoms with Crippen LogP contribution in [0.15, 0.2) is 60.7 Å². The second kappa shape index (κ2) is 13.3. The van der Waals surface area contributed by atoms with Crippen LogP contribution in [-0.2, 0) is 22.3 Å². The van der Waals surface area contributed by atoms with E-state index in [4.69, 9.17) is 9.47 Å². The number of amides is 2. The van der Waals surface area contributed by atoms with Crippen molar-refractivity contribution in [3.8, 4) is 0 Å². The Hall–Kier alpha value is -3.10. The van der Waals surface area contributed by atoms with Gasteiger partial charge in [-0.3, -0.25) is 0 Å². The van der Waals surface area contributed by atoms with Gasteiger partial charge in [-0.15, -0.1) is 0 Å². The standard InChI is InChI=1S/C24H32N2O6/c1-17(13-19-9-5-3-6-10-19)25-23(29)31-21(15-27)22(16-28)32-24(30)26-18(2)14-20-11-7-4-8-12-20/h3-12,17-18,21-22,27-28H,13-16H2,1-2H3,(H,25,29)(H,26,30)/t17?,18?,21-,22+. The molecule has 0 saturated heterocycles. The Balaban J connectivity index is 1.81. The second-order valence-electron chi connectivity index (χ2n) is 7.72. The lowest BCUT2D eigenvalue weighted by molar-refractivity contribution is -0.0544. The molecule has 2 rings (SSSR count). The fourth-order valence-electron chi connectivity index (χ4n) is 3.24. The molecule has 0 aliphatic rings. The van der Waals surface area contributed by atoms with Crippen molar-refractivity contribution < 1.29 is 29.3 Å². The number of carbonyl (C=O) groups is 2. The van der Waals surface area contributed by atoms with Gasteiger partial charge in [0.2, 0.25) is 0 Å². The first-order valence-corrected chi connectivity index (χ1v) is 10.6. The highest BCUT2D eigenvalue weighted by molar-refractivity contribution is 5.69. The SMILES string of the molecule is CC(Cc1ccccc1)NC(=O)O[C@@H](CO)[C@@H](CO)OC(=O)NC(C)Cc1ccccc1. The number of hydrogen-bond donors (Lipinski definition) is 4. The lowest BCUT2D eigenvalue weighted by atomic mass is 10.1. The van der Waals surface area contributed by atoms with Gasteiger partial charge < -0.3 is 30.3 Å². The molecule has 32 heavy (non-hydrogen) atoms. The lowest BCUT2D eigenvalue weighted by Gasteiger charge is -2.25. The molecule has 2 amide bonds. The highest BCUT2D eigenvalue weighted by Crippen LogP contribution is 2.08. The van der Waals surface area contributed by atoms with Crippen molar-refractivity contribution in [2.24, 2.45) is 0 Å². The van der Waals surface area contributed by atoms with Crippen molar-refractivity contribution in [2.75, 3.05) is 13.2 Å². The predicted octanol–water partition coefficient (Wildman–Crippen LogP) is 2.42. The molecule has 0 saturated carbocycles.